The summed E-state index contributed by atoms with van der Waals surface area (Å²) in [6.07, 6.45) is 3.01. The number of rotatable bonds is 12. The van der Waals surface area contributed by atoms with Gasteiger partial charge in [-0.2, -0.15) is 4.39 Å². The average molecular weight is 842 g/mol. The maximum atomic E-state index is 14.8. The number of ketones is 2. The molecule has 15 nitrogen and oxygen atoms in total. The lowest BCUT2D eigenvalue weighted by molar-refractivity contribution is -0.295. The number of cyclic esters (lactones) is 1. The molecule has 13 atom stereocenters. The lowest BCUT2D eigenvalue weighted by Crippen LogP contribution is -2.60. The van der Waals surface area contributed by atoms with Crippen molar-refractivity contribution >= 4 is 23.6 Å². The van der Waals surface area contributed by atoms with Crippen molar-refractivity contribution in [3.8, 4) is 11.3 Å². The summed E-state index contributed by atoms with van der Waals surface area (Å²) in [5.41, 5.74) is -1.61. The molecule has 0 spiro atoms. The number of hydrogen-bond acceptors (Lipinski definition) is 13. The Morgan fingerprint density at radius 2 is 1.75 bits per heavy atom. The van der Waals surface area contributed by atoms with Gasteiger partial charge in [-0.3, -0.25) is 19.3 Å². The van der Waals surface area contributed by atoms with E-state index in [1.54, 1.807) is 47.0 Å². The first kappa shape index (κ1) is 47.0. The average Bonchev–Trinajstić information content (AvgIpc) is 3.81. The SMILES string of the molecule is C=C[C@]12OC(=O)N(CCCCn3cnc(-c4ccc(F)nc4)c3)[C@@H]1[C@@H](C)C(=O)[C@H](C)C[C@@](C)(OC)[C@H](O[C@@H]1O[C@H](C)C[C@H](N(C)C)[C@H]1O)[C@@H](C)C(=O)[C@@H](C)C(=O)O[C@@H]2CC. The van der Waals surface area contributed by atoms with Crippen molar-refractivity contribution in [2.24, 2.45) is 23.7 Å². The van der Waals surface area contributed by atoms with Gasteiger partial charge < -0.3 is 38.3 Å². The molecule has 2 aromatic heterocycles. The molecule has 0 radical (unpaired) electrons. The normalized spacial score (nSPS) is 35.8. The molecule has 3 aliphatic rings. The van der Waals surface area contributed by atoms with Gasteiger partial charge in [0, 0.05) is 62.0 Å². The van der Waals surface area contributed by atoms with Crippen molar-refractivity contribution in [3.63, 3.8) is 0 Å². The number of methoxy groups -OCH3 is 1. The summed E-state index contributed by atoms with van der Waals surface area (Å²) >= 11 is 0. The van der Waals surface area contributed by atoms with Crippen LogP contribution in [0.15, 0.2) is 43.5 Å². The summed E-state index contributed by atoms with van der Waals surface area (Å²) < 4.78 is 46.5. The number of aliphatic hydroxyl groups excluding tert-OH is 1. The molecule has 0 bridgehead atoms. The first-order valence-corrected chi connectivity index (χ1v) is 21.1. The van der Waals surface area contributed by atoms with E-state index in [0.29, 0.717) is 37.1 Å². The van der Waals surface area contributed by atoms with Gasteiger partial charge in [0.1, 0.15) is 23.9 Å². The second kappa shape index (κ2) is 19.3. The number of fused-ring (bicyclic) bond motifs is 1. The molecule has 16 heteroatoms. The molecule has 3 saturated heterocycles. The predicted molar refractivity (Wildman–Crippen MR) is 219 cm³/mol. The monoisotopic (exact) mass is 841 g/mol. The highest BCUT2D eigenvalue weighted by Gasteiger charge is 2.61. The first-order chi connectivity index (χ1) is 28.3. The maximum absolute atomic E-state index is 14.8. The number of ether oxygens (including phenoxy) is 5. The second-order valence-electron chi connectivity index (χ2n) is 17.3. The van der Waals surface area contributed by atoms with Crippen molar-refractivity contribution in [3.05, 3.63) is 49.5 Å². The molecule has 0 aromatic carbocycles. The summed E-state index contributed by atoms with van der Waals surface area (Å²) in [4.78, 5) is 68.7. The summed E-state index contributed by atoms with van der Waals surface area (Å²) in [7, 11) is 5.20. The fourth-order valence-corrected chi connectivity index (χ4v) is 9.42. The standard InChI is InChI=1S/C44H64FN5O10/c1-12-33-44(13-2)38(50(42(55)60-44)19-15-14-18-49-23-31(47-24-49)30-16-17-34(45)46-22-30)27(5)35(51)25(3)21-43(8,56-11)39(28(6)36(52)29(7)40(54)58-33)59-41-37(53)32(48(9)10)20-26(4)57-41/h13,16-17,22-29,32-33,37-39,41,53H,2,12,14-15,18-21H2,1,3-11H3/t25-,26-,27+,28+,29-,32+,33-,37-,38-,39-,41+,43-,44-/m1/s1. The third kappa shape index (κ3) is 9.52. The van der Waals surface area contributed by atoms with Crippen LogP contribution in [-0.4, -0.2) is 135 Å². The number of hydrogen-bond donors (Lipinski definition) is 1. The molecule has 0 saturated carbocycles. The van der Waals surface area contributed by atoms with Crippen LogP contribution in [0.25, 0.3) is 11.3 Å². The molecular formula is C44H64FN5O10. The largest absolute Gasteiger partial charge is 0.457 e. The third-order valence-electron chi connectivity index (χ3n) is 12.9. The number of aliphatic hydroxyl groups is 1. The number of aromatic nitrogens is 3. The number of nitrogens with zero attached hydrogens (tertiary/aromatic N) is 5. The minimum absolute atomic E-state index is 0.0873. The molecule has 3 aliphatic heterocycles. The van der Waals surface area contributed by atoms with Gasteiger partial charge in [0.15, 0.2) is 17.7 Å². The predicted octanol–water partition coefficient (Wildman–Crippen LogP) is 5.23. The Labute approximate surface area is 352 Å². The molecule has 0 unspecified atom stereocenters. The van der Waals surface area contributed by atoms with E-state index >= 15 is 0 Å². The molecule has 60 heavy (non-hydrogen) atoms. The number of carbonyl (C=O) groups is 4. The molecule has 1 N–H and O–H groups in total. The Morgan fingerprint density at radius 3 is 2.37 bits per heavy atom. The molecule has 0 aliphatic carbocycles. The Bertz CT molecular complexity index is 1840. The van der Waals surface area contributed by atoms with E-state index < -0.39 is 89.3 Å². The molecule has 1 amide bonds. The van der Waals surface area contributed by atoms with Gasteiger partial charge in [0.25, 0.3) is 0 Å². The van der Waals surface area contributed by atoms with Crippen LogP contribution in [0.2, 0.25) is 0 Å². The van der Waals surface area contributed by atoms with Crippen LogP contribution >= 0.6 is 0 Å². The number of halogens is 1. The molecule has 5 heterocycles. The van der Waals surface area contributed by atoms with Crippen LogP contribution in [0, 0.1) is 29.6 Å². The summed E-state index contributed by atoms with van der Waals surface area (Å²) in [6.45, 7) is 16.9. The molecule has 5 rings (SSSR count). The van der Waals surface area contributed by atoms with E-state index in [1.807, 2.05) is 36.7 Å². The number of unbranched alkanes of at least 4 members (excludes halogenated alkanes) is 1. The number of amides is 1. The van der Waals surface area contributed by atoms with E-state index in [0.717, 1.165) is 0 Å². The van der Waals surface area contributed by atoms with Gasteiger partial charge in [0.05, 0.1) is 35.9 Å². The van der Waals surface area contributed by atoms with Crippen LogP contribution in [-0.2, 0) is 44.6 Å². The highest BCUT2D eigenvalue weighted by molar-refractivity contribution is 6.00. The van der Waals surface area contributed by atoms with Crippen LogP contribution in [0.3, 0.4) is 0 Å². The first-order valence-electron chi connectivity index (χ1n) is 21.1. The van der Waals surface area contributed by atoms with E-state index in [9.17, 15) is 28.7 Å². The zero-order valence-electron chi connectivity index (χ0n) is 36.7. The van der Waals surface area contributed by atoms with Crippen LogP contribution in [0.1, 0.15) is 80.6 Å². The van der Waals surface area contributed by atoms with Gasteiger partial charge >= 0.3 is 12.1 Å². The van der Waals surface area contributed by atoms with E-state index in [1.165, 1.54) is 37.3 Å². The second-order valence-corrected chi connectivity index (χ2v) is 17.3. The Morgan fingerprint density at radius 1 is 1.05 bits per heavy atom. The van der Waals surface area contributed by atoms with Gasteiger partial charge in [-0.1, -0.05) is 34.3 Å². The number of likely N-dealkylation sites (N-methyl/N-ethyl adjacent to an activating group) is 1. The highest BCUT2D eigenvalue weighted by atomic mass is 19.1. The number of imidazole rings is 1. The van der Waals surface area contributed by atoms with E-state index in [2.05, 4.69) is 16.5 Å². The van der Waals surface area contributed by atoms with Crippen molar-refractivity contribution in [2.75, 3.05) is 27.7 Å². The van der Waals surface area contributed by atoms with Gasteiger partial charge in [0.2, 0.25) is 5.95 Å². The summed E-state index contributed by atoms with van der Waals surface area (Å²) in [5, 5.41) is 11.5. The highest BCUT2D eigenvalue weighted by Crippen LogP contribution is 2.44. The van der Waals surface area contributed by atoms with Crippen LogP contribution in [0.4, 0.5) is 9.18 Å². The number of Topliss-reactive ketones (excluding diaryl/α,β-unsaturated/α-hetero) is 2. The fourth-order valence-electron chi connectivity index (χ4n) is 9.42. The van der Waals surface area contributed by atoms with Crippen molar-refractivity contribution in [1.29, 1.82) is 0 Å². The summed E-state index contributed by atoms with van der Waals surface area (Å²) in [5.74, 6) is -5.92. The van der Waals surface area contributed by atoms with Crippen molar-refractivity contribution in [1.82, 2.24) is 24.3 Å². The third-order valence-corrected chi connectivity index (χ3v) is 12.9. The fraction of sp³-hybridized carbons (Fsp3) is 0.682. The quantitative estimate of drug-likeness (QED) is 0.0969. The van der Waals surface area contributed by atoms with Gasteiger partial charge in [-0.25, -0.2) is 14.8 Å². The van der Waals surface area contributed by atoms with E-state index in [-0.39, 0.29) is 37.3 Å². The van der Waals surface area contributed by atoms with E-state index in [4.69, 9.17) is 23.7 Å². The molecule has 3 fully saturated rings. The van der Waals surface area contributed by atoms with Crippen LogP contribution in [0.5, 0.6) is 0 Å². The Hall–Kier alpha value is -4.09. The number of carbonyl (C=O) groups excluding carboxylic acids is 4. The molecular weight excluding hydrogens is 778 g/mol. The maximum Gasteiger partial charge on any atom is 0.411 e. The lowest BCUT2D eigenvalue weighted by Gasteiger charge is -2.47. The number of pyridine rings is 1. The number of esters is 1. The number of aryl methyl sites for hydroxylation is 1. The Balaban J connectivity index is 1.45. The minimum Gasteiger partial charge on any atom is -0.457 e. The topological polar surface area (TPSA) is 172 Å². The van der Waals surface area contributed by atoms with Crippen molar-refractivity contribution < 1.29 is 52.4 Å². The smallest absolute Gasteiger partial charge is 0.411 e. The Kier molecular flexibility index (Phi) is 15.1. The van der Waals surface area contributed by atoms with Gasteiger partial charge in [-0.05, 0) is 85.2 Å². The molecule has 332 valence electrons. The van der Waals surface area contributed by atoms with Crippen LogP contribution < -0.4 is 0 Å². The summed E-state index contributed by atoms with van der Waals surface area (Å²) in [6, 6.07) is 1.66. The lowest BCUT2D eigenvalue weighted by atomic mass is 9.72. The van der Waals surface area contributed by atoms with Gasteiger partial charge in [-0.15, -0.1) is 0 Å². The van der Waals surface area contributed by atoms with Crippen molar-refractivity contribution in [2.45, 2.75) is 141 Å². The zero-order chi connectivity index (χ0) is 44.3. The molecule has 2 aromatic rings. The minimum atomic E-state index is -1.62. The zero-order valence-corrected chi connectivity index (χ0v) is 36.7.